The van der Waals surface area contributed by atoms with Crippen LogP contribution in [0.3, 0.4) is 0 Å². The van der Waals surface area contributed by atoms with Gasteiger partial charge < -0.3 is 10.4 Å². The molecule has 0 radical (unpaired) electrons. The number of amides is 1. The number of rotatable bonds is 3. The lowest BCUT2D eigenvalue weighted by molar-refractivity contribution is 0.0924. The normalized spacial score (nSPS) is 16.0. The first kappa shape index (κ1) is 17.3. The summed E-state index contributed by atoms with van der Waals surface area (Å²) in [7, 11) is 0. The zero-order chi connectivity index (χ0) is 19.0. The number of carbonyl (C=O) groups excluding carboxylic acids is 1. The Morgan fingerprint density at radius 2 is 2.11 bits per heavy atom. The molecule has 0 saturated carbocycles. The van der Waals surface area contributed by atoms with Gasteiger partial charge in [-0.25, -0.2) is 9.67 Å². The number of carbonyl (C=O) groups is 1. The highest BCUT2D eigenvalue weighted by Gasteiger charge is 2.27. The van der Waals surface area contributed by atoms with Crippen LogP contribution < -0.4 is 5.32 Å². The molecule has 4 rings (SSSR count). The second kappa shape index (κ2) is 6.87. The molecule has 2 N–H and O–H groups in total. The summed E-state index contributed by atoms with van der Waals surface area (Å²) in [6, 6.07) is 9.23. The van der Waals surface area contributed by atoms with Crippen LogP contribution >= 0.6 is 0 Å². The summed E-state index contributed by atoms with van der Waals surface area (Å²) in [5.41, 5.74) is 5.71. The van der Waals surface area contributed by atoms with Crippen LogP contribution in [0.15, 0.2) is 42.7 Å². The predicted octanol–water partition coefficient (Wildman–Crippen LogP) is 3.40. The van der Waals surface area contributed by atoms with E-state index in [2.05, 4.69) is 47.4 Å². The van der Waals surface area contributed by atoms with E-state index >= 15 is 0 Å². The number of aryl methyl sites for hydroxylation is 2. The summed E-state index contributed by atoms with van der Waals surface area (Å²) in [5, 5.41) is 17.5. The van der Waals surface area contributed by atoms with Gasteiger partial charge in [0.25, 0.3) is 5.91 Å². The van der Waals surface area contributed by atoms with Crippen molar-refractivity contribution < 1.29 is 9.90 Å². The molecule has 1 amide bonds. The summed E-state index contributed by atoms with van der Waals surface area (Å²) in [5.74, 6) is -0.485. The van der Waals surface area contributed by atoms with Crippen molar-refractivity contribution >= 4 is 5.91 Å². The van der Waals surface area contributed by atoms with Crippen molar-refractivity contribution in [3.63, 3.8) is 0 Å². The number of aromatic hydroxyl groups is 1. The van der Waals surface area contributed by atoms with Crippen molar-refractivity contribution in [1.82, 2.24) is 20.1 Å². The van der Waals surface area contributed by atoms with Crippen LogP contribution in [-0.2, 0) is 6.42 Å². The monoisotopic (exact) mass is 362 g/mol. The fourth-order valence-corrected chi connectivity index (χ4v) is 3.59. The zero-order valence-electron chi connectivity index (χ0n) is 15.4. The molecule has 1 aliphatic carbocycles. The highest BCUT2D eigenvalue weighted by molar-refractivity contribution is 5.95. The van der Waals surface area contributed by atoms with Crippen molar-refractivity contribution in [2.24, 2.45) is 0 Å². The van der Waals surface area contributed by atoms with Gasteiger partial charge in [-0.05, 0) is 68.5 Å². The molecule has 1 atom stereocenters. The summed E-state index contributed by atoms with van der Waals surface area (Å²) in [6.45, 7) is 4.19. The van der Waals surface area contributed by atoms with Crippen LogP contribution in [0.1, 0.15) is 51.8 Å². The molecule has 0 spiro atoms. The van der Waals surface area contributed by atoms with Crippen molar-refractivity contribution in [3.8, 4) is 11.4 Å². The van der Waals surface area contributed by atoms with E-state index in [1.54, 1.807) is 6.07 Å². The Kier molecular flexibility index (Phi) is 4.39. The molecule has 0 bridgehead atoms. The summed E-state index contributed by atoms with van der Waals surface area (Å²) in [4.78, 5) is 16.5. The quantitative estimate of drug-likeness (QED) is 0.748. The van der Waals surface area contributed by atoms with E-state index in [0.29, 0.717) is 0 Å². The van der Waals surface area contributed by atoms with Crippen LogP contribution in [0, 0.1) is 13.8 Å². The minimum absolute atomic E-state index is 0.0474. The minimum atomic E-state index is -0.370. The summed E-state index contributed by atoms with van der Waals surface area (Å²) >= 11 is 0. The van der Waals surface area contributed by atoms with E-state index in [4.69, 9.17) is 0 Å². The van der Waals surface area contributed by atoms with E-state index < -0.39 is 0 Å². The van der Waals surface area contributed by atoms with Gasteiger partial charge in [0, 0.05) is 17.5 Å². The molecule has 2 aromatic heterocycles. The molecule has 138 valence electrons. The third-order valence-corrected chi connectivity index (χ3v) is 5.22. The van der Waals surface area contributed by atoms with E-state index in [0.717, 1.165) is 36.2 Å². The Morgan fingerprint density at radius 1 is 1.26 bits per heavy atom. The van der Waals surface area contributed by atoms with Crippen LogP contribution in [0.5, 0.6) is 5.75 Å². The molecule has 3 aromatic rings. The maximum atomic E-state index is 12.5. The Morgan fingerprint density at radius 3 is 2.89 bits per heavy atom. The number of nitrogens with one attached hydrogen (secondary N) is 1. The molecular weight excluding hydrogens is 340 g/mol. The van der Waals surface area contributed by atoms with Gasteiger partial charge >= 0.3 is 0 Å². The number of hydrogen-bond acceptors (Lipinski definition) is 4. The number of aromatic nitrogens is 3. The van der Waals surface area contributed by atoms with Gasteiger partial charge in [-0.1, -0.05) is 6.07 Å². The molecule has 27 heavy (non-hydrogen) atoms. The van der Waals surface area contributed by atoms with E-state index in [1.807, 2.05) is 10.9 Å². The molecule has 6 nitrogen and oxygen atoms in total. The lowest BCUT2D eigenvalue weighted by Crippen LogP contribution is -2.31. The van der Waals surface area contributed by atoms with Crippen molar-refractivity contribution in [2.75, 3.05) is 0 Å². The number of nitrogens with zero attached hydrogens (tertiary/aromatic N) is 3. The maximum Gasteiger partial charge on any atom is 0.274 e. The second-order valence-electron chi connectivity index (χ2n) is 7.02. The summed E-state index contributed by atoms with van der Waals surface area (Å²) < 4.78 is 1.97. The second-order valence-corrected chi connectivity index (χ2v) is 7.02. The lowest BCUT2D eigenvalue weighted by Gasteiger charge is -2.24. The molecule has 0 unspecified atom stereocenters. The van der Waals surface area contributed by atoms with Gasteiger partial charge in [-0.3, -0.25) is 4.79 Å². The highest BCUT2D eigenvalue weighted by atomic mass is 16.3. The van der Waals surface area contributed by atoms with Gasteiger partial charge in [0.1, 0.15) is 5.75 Å². The number of fused-ring (bicyclic) bond motifs is 1. The Balaban J connectivity index is 1.63. The van der Waals surface area contributed by atoms with Crippen LogP contribution in [0.4, 0.5) is 0 Å². The van der Waals surface area contributed by atoms with Crippen molar-refractivity contribution in [2.45, 2.75) is 39.2 Å². The van der Waals surface area contributed by atoms with E-state index in [1.165, 1.54) is 23.4 Å². The third-order valence-electron chi connectivity index (χ3n) is 5.22. The van der Waals surface area contributed by atoms with E-state index in [-0.39, 0.29) is 23.4 Å². The average Bonchev–Trinajstić information content (AvgIpc) is 3.09. The molecule has 0 saturated heterocycles. The van der Waals surface area contributed by atoms with Crippen LogP contribution in [0.25, 0.3) is 5.69 Å². The Hall–Kier alpha value is -3.15. The fraction of sp³-hybridized carbons (Fsp3) is 0.286. The highest BCUT2D eigenvalue weighted by Crippen LogP contribution is 2.32. The van der Waals surface area contributed by atoms with Gasteiger partial charge in [0.2, 0.25) is 0 Å². The molecule has 1 aliphatic rings. The fourth-order valence-electron chi connectivity index (χ4n) is 3.59. The molecule has 1 aromatic carbocycles. The molecule has 6 heteroatoms. The molecule has 0 fully saturated rings. The van der Waals surface area contributed by atoms with Gasteiger partial charge in [0.15, 0.2) is 5.69 Å². The Labute approximate surface area is 157 Å². The van der Waals surface area contributed by atoms with Crippen LogP contribution in [-0.4, -0.2) is 25.8 Å². The number of benzene rings is 1. The largest absolute Gasteiger partial charge is 0.505 e. The Bertz CT molecular complexity index is 1010. The standard InChI is InChI=1S/C21H22N4O2/c1-13-8-9-15(11-14(13)2)25-18-6-3-5-17(16(18)12-23-25)24-21(27)20-19(26)7-4-10-22-20/h4,7-12,17,26H,3,5-6H2,1-2H3,(H,24,27)/t17-/m0/s1. The number of hydrogen-bond donors (Lipinski definition) is 2. The first-order chi connectivity index (χ1) is 13.0. The first-order valence-corrected chi connectivity index (χ1v) is 9.14. The average molecular weight is 362 g/mol. The zero-order valence-corrected chi connectivity index (χ0v) is 15.4. The predicted molar refractivity (Wildman–Crippen MR) is 102 cm³/mol. The van der Waals surface area contributed by atoms with Crippen molar-refractivity contribution in [1.29, 1.82) is 0 Å². The van der Waals surface area contributed by atoms with Gasteiger partial charge in [0.05, 0.1) is 17.9 Å². The van der Waals surface area contributed by atoms with Gasteiger partial charge in [-0.15, -0.1) is 0 Å². The smallest absolute Gasteiger partial charge is 0.274 e. The molecular formula is C21H22N4O2. The first-order valence-electron chi connectivity index (χ1n) is 9.14. The number of pyridine rings is 1. The summed E-state index contributed by atoms with van der Waals surface area (Å²) in [6.07, 6.45) is 6.06. The molecule has 2 heterocycles. The third kappa shape index (κ3) is 3.18. The lowest BCUT2D eigenvalue weighted by atomic mass is 9.92. The van der Waals surface area contributed by atoms with Crippen LogP contribution in [0.2, 0.25) is 0 Å². The van der Waals surface area contributed by atoms with Gasteiger partial charge in [-0.2, -0.15) is 5.10 Å². The molecule has 0 aliphatic heterocycles. The van der Waals surface area contributed by atoms with E-state index in [9.17, 15) is 9.90 Å². The maximum absolute atomic E-state index is 12.5. The van der Waals surface area contributed by atoms with Crippen molar-refractivity contribution in [3.05, 3.63) is 70.8 Å². The SMILES string of the molecule is Cc1ccc(-n2ncc3c2CCC[C@@H]3NC(=O)c2ncccc2O)cc1C. The topological polar surface area (TPSA) is 80.0 Å². The minimum Gasteiger partial charge on any atom is -0.505 e.